The van der Waals surface area contributed by atoms with Gasteiger partial charge in [0.25, 0.3) is 11.8 Å². The van der Waals surface area contributed by atoms with Gasteiger partial charge in [0, 0.05) is 39.4 Å². The highest BCUT2D eigenvalue weighted by atomic mass is 19.1. The Morgan fingerprint density at radius 3 is 2.07 bits per heavy atom. The quantitative estimate of drug-likeness (QED) is 0.631. The molecule has 1 aliphatic heterocycles. The minimum Gasteiger partial charge on any atom is -0.333 e. The molecule has 1 saturated heterocycles. The number of carbonyl (C=O) groups is 3. The van der Waals surface area contributed by atoms with Crippen LogP contribution in [-0.4, -0.2) is 83.8 Å². The topological polar surface area (TPSA) is 60.9 Å². The van der Waals surface area contributed by atoms with Crippen molar-refractivity contribution in [3.8, 4) is 11.8 Å². The summed E-state index contributed by atoms with van der Waals surface area (Å²) in [6.45, 7) is 9.51. The standard InChI is InChI=1S/C22H36FN3O3/c1-9-17(27)19(16(2)3)25(8)20(29)22(23)12-14-26(15-13-22)18(28)10-11-21(4,5)24(6)7/h16,19H,9,12-15H2,1-8H3/t19-/m0/s1. The Hall–Kier alpha value is -1.94. The van der Waals surface area contributed by atoms with Crippen LogP contribution in [-0.2, 0) is 14.4 Å². The molecule has 1 fully saturated rings. The Balaban J connectivity index is 2.83. The van der Waals surface area contributed by atoms with E-state index >= 15 is 4.39 Å². The molecule has 0 N–H and O–H groups in total. The Bertz CT molecular complexity index is 683. The Morgan fingerprint density at radius 1 is 1.14 bits per heavy atom. The van der Waals surface area contributed by atoms with Gasteiger partial charge < -0.3 is 9.80 Å². The molecule has 0 bridgehead atoms. The number of alkyl halides is 1. The number of halogens is 1. The van der Waals surface area contributed by atoms with E-state index < -0.39 is 23.2 Å². The fourth-order valence-electron chi connectivity index (χ4n) is 3.36. The van der Waals surface area contributed by atoms with Crippen LogP contribution in [0, 0.1) is 17.8 Å². The molecule has 1 atom stereocenters. The molecule has 0 aromatic carbocycles. The minimum atomic E-state index is -2.07. The van der Waals surface area contributed by atoms with Crippen LogP contribution in [0.3, 0.4) is 0 Å². The highest BCUT2D eigenvalue weighted by Gasteiger charge is 2.46. The largest absolute Gasteiger partial charge is 0.333 e. The lowest BCUT2D eigenvalue weighted by atomic mass is 9.89. The average Bonchev–Trinajstić information content (AvgIpc) is 2.65. The van der Waals surface area contributed by atoms with Gasteiger partial charge in [0.05, 0.1) is 11.6 Å². The third-order valence-electron chi connectivity index (χ3n) is 5.87. The SMILES string of the molecule is CCC(=O)[C@H](C(C)C)N(C)C(=O)C1(F)CCN(C(=O)C#CC(C)(C)N(C)C)CC1. The number of Topliss-reactive ketones (excluding diaryl/α,β-unsaturated/α-hetero) is 1. The van der Waals surface area contributed by atoms with Gasteiger partial charge in [-0.05, 0) is 39.8 Å². The maximum Gasteiger partial charge on any atom is 0.298 e. The van der Waals surface area contributed by atoms with Gasteiger partial charge in [0.15, 0.2) is 11.5 Å². The molecule has 2 amide bonds. The molecule has 0 aliphatic carbocycles. The van der Waals surface area contributed by atoms with E-state index in [-0.39, 0.29) is 43.5 Å². The number of hydrogen-bond donors (Lipinski definition) is 0. The Labute approximate surface area is 174 Å². The van der Waals surface area contributed by atoms with Crippen LogP contribution in [0.25, 0.3) is 0 Å². The number of ketones is 1. The van der Waals surface area contributed by atoms with E-state index in [9.17, 15) is 14.4 Å². The molecule has 29 heavy (non-hydrogen) atoms. The summed E-state index contributed by atoms with van der Waals surface area (Å²) in [6, 6.07) is -0.640. The lowest BCUT2D eigenvalue weighted by Crippen LogP contribution is -2.56. The molecule has 0 saturated carbocycles. The number of hydrogen-bond acceptors (Lipinski definition) is 4. The summed E-state index contributed by atoms with van der Waals surface area (Å²) in [7, 11) is 5.26. The molecule has 1 heterocycles. The highest BCUT2D eigenvalue weighted by Crippen LogP contribution is 2.30. The first-order chi connectivity index (χ1) is 13.3. The second kappa shape index (κ2) is 9.71. The van der Waals surface area contributed by atoms with Crippen molar-refractivity contribution in [3.63, 3.8) is 0 Å². The van der Waals surface area contributed by atoms with Crippen molar-refractivity contribution in [2.24, 2.45) is 5.92 Å². The van der Waals surface area contributed by atoms with Crippen LogP contribution in [0.2, 0.25) is 0 Å². The smallest absolute Gasteiger partial charge is 0.298 e. The average molecular weight is 410 g/mol. The molecular weight excluding hydrogens is 373 g/mol. The van der Waals surface area contributed by atoms with E-state index in [1.165, 1.54) is 16.8 Å². The maximum absolute atomic E-state index is 15.4. The van der Waals surface area contributed by atoms with Crippen molar-refractivity contribution in [2.75, 3.05) is 34.2 Å². The van der Waals surface area contributed by atoms with Crippen molar-refractivity contribution in [2.45, 2.75) is 71.1 Å². The monoisotopic (exact) mass is 409 g/mol. The lowest BCUT2D eigenvalue weighted by Gasteiger charge is -2.39. The zero-order valence-electron chi connectivity index (χ0n) is 19.1. The van der Waals surface area contributed by atoms with Crippen LogP contribution in [0.15, 0.2) is 0 Å². The van der Waals surface area contributed by atoms with E-state index in [1.807, 2.05) is 46.7 Å². The number of nitrogens with zero attached hydrogens (tertiary/aromatic N) is 3. The van der Waals surface area contributed by atoms with Crippen LogP contribution >= 0.6 is 0 Å². The first-order valence-electron chi connectivity index (χ1n) is 10.2. The highest BCUT2D eigenvalue weighted by molar-refractivity contribution is 5.95. The molecule has 0 aromatic rings. The van der Waals surface area contributed by atoms with Gasteiger partial charge in [-0.2, -0.15) is 0 Å². The van der Waals surface area contributed by atoms with Crippen molar-refractivity contribution >= 4 is 17.6 Å². The first kappa shape index (κ1) is 25.1. The van der Waals surface area contributed by atoms with Crippen molar-refractivity contribution < 1.29 is 18.8 Å². The molecule has 1 aliphatic rings. The predicted octanol–water partition coefficient (Wildman–Crippen LogP) is 2.12. The van der Waals surface area contributed by atoms with E-state index in [0.717, 1.165) is 0 Å². The van der Waals surface area contributed by atoms with Crippen LogP contribution in [0.4, 0.5) is 4.39 Å². The zero-order chi connectivity index (χ0) is 22.6. The fraction of sp³-hybridized carbons (Fsp3) is 0.773. The van der Waals surface area contributed by atoms with E-state index in [0.29, 0.717) is 6.42 Å². The van der Waals surface area contributed by atoms with Crippen LogP contribution < -0.4 is 0 Å². The van der Waals surface area contributed by atoms with Gasteiger partial charge in [-0.1, -0.05) is 26.7 Å². The summed E-state index contributed by atoms with van der Waals surface area (Å²) >= 11 is 0. The summed E-state index contributed by atoms with van der Waals surface area (Å²) in [5.41, 5.74) is -2.52. The van der Waals surface area contributed by atoms with Gasteiger partial charge in [-0.25, -0.2) is 4.39 Å². The van der Waals surface area contributed by atoms with Crippen molar-refractivity contribution in [1.29, 1.82) is 0 Å². The van der Waals surface area contributed by atoms with Crippen molar-refractivity contribution in [1.82, 2.24) is 14.7 Å². The van der Waals surface area contributed by atoms with Gasteiger partial charge in [-0.15, -0.1) is 0 Å². The molecule has 6 nitrogen and oxygen atoms in total. The van der Waals surface area contributed by atoms with E-state index in [4.69, 9.17) is 0 Å². The third-order valence-corrected chi connectivity index (χ3v) is 5.87. The Morgan fingerprint density at radius 2 is 1.66 bits per heavy atom. The number of likely N-dealkylation sites (N-methyl/N-ethyl adjacent to an activating group) is 1. The predicted molar refractivity (Wildman–Crippen MR) is 112 cm³/mol. The van der Waals surface area contributed by atoms with Gasteiger partial charge in [-0.3, -0.25) is 19.3 Å². The normalized spacial score (nSPS) is 17.6. The van der Waals surface area contributed by atoms with E-state index in [1.54, 1.807) is 6.92 Å². The van der Waals surface area contributed by atoms with Gasteiger partial charge in [0.2, 0.25) is 0 Å². The number of likely N-dealkylation sites (tertiary alicyclic amines) is 1. The summed E-state index contributed by atoms with van der Waals surface area (Å²) in [5, 5.41) is 0. The molecule has 1 rings (SSSR count). The molecule has 0 spiro atoms. The Kier molecular flexibility index (Phi) is 8.40. The fourth-order valence-corrected chi connectivity index (χ4v) is 3.36. The lowest BCUT2D eigenvalue weighted by molar-refractivity contribution is -0.153. The molecular formula is C22H36FN3O3. The summed E-state index contributed by atoms with van der Waals surface area (Å²) < 4.78 is 15.4. The minimum absolute atomic E-state index is 0.0779. The maximum atomic E-state index is 15.4. The molecule has 0 aromatic heterocycles. The van der Waals surface area contributed by atoms with Crippen LogP contribution in [0.5, 0.6) is 0 Å². The van der Waals surface area contributed by atoms with Gasteiger partial charge in [0.1, 0.15) is 0 Å². The van der Waals surface area contributed by atoms with Gasteiger partial charge >= 0.3 is 0 Å². The van der Waals surface area contributed by atoms with Crippen LogP contribution in [0.1, 0.15) is 53.9 Å². The summed E-state index contributed by atoms with van der Waals surface area (Å²) in [4.78, 5) is 42.1. The summed E-state index contributed by atoms with van der Waals surface area (Å²) in [5.74, 6) is 4.37. The zero-order valence-corrected chi connectivity index (χ0v) is 19.1. The second-order valence-electron chi connectivity index (χ2n) is 8.89. The molecule has 0 radical (unpaired) electrons. The summed E-state index contributed by atoms with van der Waals surface area (Å²) in [6.07, 6.45) is 0.113. The van der Waals surface area contributed by atoms with E-state index in [2.05, 4.69) is 11.8 Å². The number of piperidine rings is 1. The number of rotatable bonds is 6. The number of amides is 2. The third kappa shape index (κ3) is 6.02. The first-order valence-corrected chi connectivity index (χ1v) is 10.2. The molecule has 0 unspecified atom stereocenters. The molecule has 7 heteroatoms. The molecule has 164 valence electrons. The number of carbonyl (C=O) groups excluding carboxylic acids is 3. The second-order valence-corrected chi connectivity index (χ2v) is 8.89. The van der Waals surface area contributed by atoms with Crippen molar-refractivity contribution in [3.05, 3.63) is 0 Å².